The van der Waals surface area contributed by atoms with Gasteiger partial charge in [-0.25, -0.2) is 0 Å². The number of carbonyl (C=O) groups is 3. The van der Waals surface area contributed by atoms with E-state index in [1.165, 1.54) is 0 Å². The number of methoxy groups -OCH3 is 1. The first-order chi connectivity index (χ1) is 15.9. The molecule has 7 heteroatoms. The number of anilines is 1. The summed E-state index contributed by atoms with van der Waals surface area (Å²) in [5.41, 5.74) is 3.26. The predicted molar refractivity (Wildman–Crippen MR) is 126 cm³/mol. The lowest BCUT2D eigenvalue weighted by atomic mass is 9.84. The molecule has 1 saturated carbocycles. The van der Waals surface area contributed by atoms with Gasteiger partial charge in [-0.3, -0.25) is 14.4 Å². The SMILES string of the molecule is COc1ccc(C(=O)N2[C@H](CC(=O)Nc3cc(C)cc(C)c3)C(=O)N[C@@H]3CCCC[C@H]32)cc1. The topological polar surface area (TPSA) is 87.7 Å². The summed E-state index contributed by atoms with van der Waals surface area (Å²) in [6.45, 7) is 3.94. The van der Waals surface area contributed by atoms with Crippen LogP contribution in [0.1, 0.15) is 53.6 Å². The number of carbonyl (C=O) groups excluding carboxylic acids is 3. The Hall–Kier alpha value is -3.35. The van der Waals surface area contributed by atoms with Gasteiger partial charge in [-0.05, 0) is 74.2 Å². The Morgan fingerprint density at radius 2 is 1.73 bits per heavy atom. The van der Waals surface area contributed by atoms with Gasteiger partial charge in [0.05, 0.1) is 19.6 Å². The maximum Gasteiger partial charge on any atom is 0.254 e. The lowest BCUT2D eigenvalue weighted by molar-refractivity contribution is -0.135. The highest BCUT2D eigenvalue weighted by Crippen LogP contribution is 2.31. The Kier molecular flexibility index (Phi) is 6.67. The van der Waals surface area contributed by atoms with Gasteiger partial charge in [-0.2, -0.15) is 0 Å². The van der Waals surface area contributed by atoms with Gasteiger partial charge in [0, 0.05) is 17.3 Å². The molecule has 2 aliphatic rings. The Balaban J connectivity index is 1.59. The number of ether oxygens (including phenoxy) is 1. The van der Waals surface area contributed by atoms with Gasteiger partial charge in [-0.1, -0.05) is 18.9 Å². The van der Waals surface area contributed by atoms with Crippen molar-refractivity contribution in [2.24, 2.45) is 0 Å². The zero-order valence-corrected chi connectivity index (χ0v) is 19.4. The lowest BCUT2D eigenvalue weighted by Gasteiger charge is -2.48. The molecule has 3 atom stereocenters. The van der Waals surface area contributed by atoms with Crippen molar-refractivity contribution in [2.45, 2.75) is 64.1 Å². The van der Waals surface area contributed by atoms with Crippen molar-refractivity contribution in [3.05, 3.63) is 59.2 Å². The van der Waals surface area contributed by atoms with Crippen molar-refractivity contribution in [1.29, 1.82) is 0 Å². The van der Waals surface area contributed by atoms with Gasteiger partial charge >= 0.3 is 0 Å². The highest BCUT2D eigenvalue weighted by atomic mass is 16.5. The molecule has 2 aromatic rings. The van der Waals surface area contributed by atoms with E-state index in [2.05, 4.69) is 10.6 Å². The van der Waals surface area contributed by atoms with Crippen LogP contribution in [-0.2, 0) is 9.59 Å². The summed E-state index contributed by atoms with van der Waals surface area (Å²) in [5, 5.41) is 5.98. The number of rotatable bonds is 5. The molecular formula is C26H31N3O4. The highest BCUT2D eigenvalue weighted by molar-refractivity contribution is 6.01. The second kappa shape index (κ2) is 9.65. The average Bonchev–Trinajstić information content (AvgIpc) is 2.78. The van der Waals surface area contributed by atoms with Gasteiger partial charge in [0.15, 0.2) is 0 Å². The molecular weight excluding hydrogens is 418 g/mol. The lowest BCUT2D eigenvalue weighted by Crippen LogP contribution is -2.68. The summed E-state index contributed by atoms with van der Waals surface area (Å²) < 4.78 is 5.20. The highest BCUT2D eigenvalue weighted by Gasteiger charge is 2.46. The minimum Gasteiger partial charge on any atom is -0.497 e. The van der Waals surface area contributed by atoms with Crippen molar-refractivity contribution in [3.8, 4) is 5.75 Å². The summed E-state index contributed by atoms with van der Waals surface area (Å²) >= 11 is 0. The normalized spacial score (nSPS) is 22.2. The van der Waals surface area contributed by atoms with Crippen LogP contribution in [0, 0.1) is 13.8 Å². The van der Waals surface area contributed by atoms with E-state index in [4.69, 9.17) is 4.74 Å². The maximum absolute atomic E-state index is 13.6. The standard InChI is InChI=1S/C26H31N3O4/c1-16-12-17(2)14-19(13-16)27-24(30)15-23-25(31)28-21-6-4-5-7-22(21)29(23)26(32)18-8-10-20(33-3)11-9-18/h8-14,21-23H,4-7,15H2,1-3H3,(H,27,30)(H,28,31)/t21-,22-,23-/m1/s1. The number of hydrogen-bond acceptors (Lipinski definition) is 4. The largest absolute Gasteiger partial charge is 0.497 e. The van der Waals surface area contributed by atoms with Crippen LogP contribution in [0.2, 0.25) is 0 Å². The third-order valence-electron chi connectivity index (χ3n) is 6.51. The predicted octanol–water partition coefficient (Wildman–Crippen LogP) is 3.59. The van der Waals surface area contributed by atoms with E-state index in [1.54, 1.807) is 36.3 Å². The van der Waals surface area contributed by atoms with Crippen molar-refractivity contribution < 1.29 is 19.1 Å². The Labute approximate surface area is 194 Å². The zero-order valence-electron chi connectivity index (χ0n) is 19.4. The van der Waals surface area contributed by atoms with Crippen molar-refractivity contribution in [1.82, 2.24) is 10.2 Å². The Bertz CT molecular complexity index is 1030. The molecule has 2 N–H and O–H groups in total. The first-order valence-electron chi connectivity index (χ1n) is 11.5. The molecule has 2 fully saturated rings. The van der Waals surface area contributed by atoms with Crippen LogP contribution in [0.3, 0.4) is 0 Å². The van der Waals surface area contributed by atoms with Crippen LogP contribution in [-0.4, -0.2) is 47.9 Å². The molecule has 174 valence electrons. The molecule has 1 saturated heterocycles. The van der Waals surface area contributed by atoms with Crippen LogP contribution in [0.25, 0.3) is 0 Å². The molecule has 0 bridgehead atoms. The van der Waals surface area contributed by atoms with Gasteiger partial charge in [0.2, 0.25) is 11.8 Å². The van der Waals surface area contributed by atoms with Gasteiger partial charge < -0.3 is 20.3 Å². The van der Waals surface area contributed by atoms with Crippen molar-refractivity contribution in [3.63, 3.8) is 0 Å². The van der Waals surface area contributed by atoms with Crippen LogP contribution in [0.15, 0.2) is 42.5 Å². The van der Waals surface area contributed by atoms with Crippen molar-refractivity contribution >= 4 is 23.4 Å². The molecule has 7 nitrogen and oxygen atoms in total. The number of aryl methyl sites for hydroxylation is 2. The van der Waals surface area contributed by atoms with E-state index in [1.807, 2.05) is 32.0 Å². The molecule has 3 amide bonds. The van der Waals surface area contributed by atoms with Gasteiger partial charge in [0.1, 0.15) is 11.8 Å². The first kappa shape index (κ1) is 22.8. The molecule has 4 rings (SSSR count). The zero-order chi connectivity index (χ0) is 23.5. The molecule has 1 heterocycles. The van der Waals surface area contributed by atoms with E-state index in [9.17, 15) is 14.4 Å². The van der Waals surface area contributed by atoms with E-state index in [-0.39, 0.29) is 36.2 Å². The Morgan fingerprint density at radius 1 is 1.06 bits per heavy atom. The second-order valence-corrected chi connectivity index (χ2v) is 9.05. The molecule has 1 aliphatic heterocycles. The third kappa shape index (κ3) is 5.02. The fraction of sp³-hybridized carbons (Fsp3) is 0.423. The summed E-state index contributed by atoms with van der Waals surface area (Å²) in [7, 11) is 1.57. The quantitative estimate of drug-likeness (QED) is 0.730. The third-order valence-corrected chi connectivity index (χ3v) is 6.51. The van der Waals surface area contributed by atoms with Crippen molar-refractivity contribution in [2.75, 3.05) is 12.4 Å². The molecule has 33 heavy (non-hydrogen) atoms. The fourth-order valence-corrected chi connectivity index (χ4v) is 5.05. The van der Waals surface area contributed by atoms with E-state index < -0.39 is 6.04 Å². The number of nitrogens with zero attached hydrogens (tertiary/aromatic N) is 1. The molecule has 0 radical (unpaired) electrons. The number of piperazine rings is 1. The van der Waals surface area contributed by atoms with Gasteiger partial charge in [0.25, 0.3) is 5.91 Å². The Morgan fingerprint density at radius 3 is 2.39 bits per heavy atom. The first-order valence-corrected chi connectivity index (χ1v) is 11.5. The summed E-state index contributed by atoms with van der Waals surface area (Å²) in [5.74, 6) is -0.131. The summed E-state index contributed by atoms with van der Waals surface area (Å²) in [6, 6.07) is 11.6. The number of fused-ring (bicyclic) bond motifs is 1. The number of amides is 3. The smallest absolute Gasteiger partial charge is 0.254 e. The van der Waals surface area contributed by atoms with E-state index in [0.29, 0.717) is 17.0 Å². The minimum atomic E-state index is -0.857. The number of benzene rings is 2. The van der Waals surface area contributed by atoms with Crippen LogP contribution < -0.4 is 15.4 Å². The average molecular weight is 450 g/mol. The number of hydrogen-bond donors (Lipinski definition) is 2. The summed E-state index contributed by atoms with van der Waals surface area (Å²) in [4.78, 5) is 41.3. The number of nitrogens with one attached hydrogen (secondary N) is 2. The van der Waals surface area contributed by atoms with Crippen LogP contribution in [0.4, 0.5) is 5.69 Å². The van der Waals surface area contributed by atoms with E-state index in [0.717, 1.165) is 36.8 Å². The van der Waals surface area contributed by atoms with E-state index >= 15 is 0 Å². The van der Waals surface area contributed by atoms with Crippen LogP contribution >= 0.6 is 0 Å². The maximum atomic E-state index is 13.6. The fourth-order valence-electron chi connectivity index (χ4n) is 5.05. The van der Waals surface area contributed by atoms with Gasteiger partial charge in [-0.15, -0.1) is 0 Å². The van der Waals surface area contributed by atoms with Crippen LogP contribution in [0.5, 0.6) is 5.75 Å². The molecule has 0 unspecified atom stereocenters. The minimum absolute atomic E-state index is 0.0767. The molecule has 1 aliphatic carbocycles. The second-order valence-electron chi connectivity index (χ2n) is 9.05. The molecule has 0 aromatic heterocycles. The molecule has 2 aromatic carbocycles. The summed E-state index contributed by atoms with van der Waals surface area (Å²) in [6.07, 6.45) is 3.56. The monoisotopic (exact) mass is 449 g/mol. The molecule has 0 spiro atoms.